The van der Waals surface area contributed by atoms with Crippen molar-refractivity contribution in [2.24, 2.45) is 0 Å². The molecule has 0 radical (unpaired) electrons. The molecule has 2 aromatic rings. The van der Waals surface area contributed by atoms with Gasteiger partial charge in [0.05, 0.1) is 10.5 Å². The molecule has 6 heteroatoms. The largest absolute Gasteiger partial charge is 0.483 e. The van der Waals surface area contributed by atoms with Gasteiger partial charge in [-0.1, -0.05) is 43.3 Å². The topological polar surface area (TPSA) is 50.4 Å². The van der Waals surface area contributed by atoms with Crippen LogP contribution in [0.5, 0.6) is 5.75 Å². The monoisotopic (exact) mass is 420 g/mol. The van der Waals surface area contributed by atoms with E-state index in [1.165, 1.54) is 5.56 Å². The first-order chi connectivity index (χ1) is 12.0. The van der Waals surface area contributed by atoms with Gasteiger partial charge in [-0.2, -0.15) is 0 Å². The number of ether oxygens (including phenoxy) is 1. The number of hydrogen-bond donors (Lipinski definition) is 2. The molecule has 0 fully saturated rings. The Hall–Kier alpha value is -1.92. The molecular formula is C19H21BrN2O2S. The minimum atomic E-state index is -0.302. The van der Waals surface area contributed by atoms with E-state index in [1.54, 1.807) is 0 Å². The number of nitrogens with one attached hydrogen (secondary N) is 2. The molecule has 0 saturated carbocycles. The van der Waals surface area contributed by atoms with E-state index in [2.05, 4.69) is 33.5 Å². The molecule has 0 aromatic heterocycles. The van der Waals surface area contributed by atoms with Crippen molar-refractivity contribution >= 4 is 39.2 Å². The van der Waals surface area contributed by atoms with Gasteiger partial charge in [0.15, 0.2) is 11.7 Å². The fourth-order valence-electron chi connectivity index (χ4n) is 2.25. The van der Waals surface area contributed by atoms with E-state index in [-0.39, 0.29) is 23.7 Å². The number of carbonyl (C=O) groups excluding carboxylic acids is 1. The zero-order valence-electron chi connectivity index (χ0n) is 14.2. The molecular weight excluding hydrogens is 400 g/mol. The van der Waals surface area contributed by atoms with E-state index >= 15 is 0 Å². The first kappa shape index (κ1) is 19.4. The summed E-state index contributed by atoms with van der Waals surface area (Å²) in [4.78, 5) is 12.0. The van der Waals surface area contributed by atoms with E-state index in [1.807, 2.05) is 55.5 Å². The van der Waals surface area contributed by atoms with Gasteiger partial charge in [0, 0.05) is 0 Å². The second-order valence-corrected chi connectivity index (χ2v) is 6.82. The van der Waals surface area contributed by atoms with Crippen LogP contribution in [0.25, 0.3) is 0 Å². The van der Waals surface area contributed by atoms with Crippen LogP contribution in [0, 0.1) is 0 Å². The Labute approximate surface area is 162 Å². The maximum absolute atomic E-state index is 12.0. The first-order valence-electron chi connectivity index (χ1n) is 8.06. The van der Waals surface area contributed by atoms with Crippen LogP contribution < -0.4 is 15.4 Å². The van der Waals surface area contributed by atoms with Gasteiger partial charge in [-0.3, -0.25) is 4.79 Å². The number of thiocarbonyl (C=S) groups is 1. The first-order valence-corrected chi connectivity index (χ1v) is 9.26. The van der Waals surface area contributed by atoms with E-state index in [4.69, 9.17) is 17.0 Å². The van der Waals surface area contributed by atoms with Gasteiger partial charge in [0.2, 0.25) is 0 Å². The molecule has 0 spiro atoms. The molecule has 0 aliphatic carbocycles. The van der Waals surface area contributed by atoms with Crippen molar-refractivity contribution in [2.75, 3.05) is 6.61 Å². The lowest BCUT2D eigenvalue weighted by Gasteiger charge is -2.17. The fraction of sp³-hybridized carbons (Fsp3) is 0.263. The van der Waals surface area contributed by atoms with Crippen LogP contribution in [0.4, 0.5) is 0 Å². The van der Waals surface area contributed by atoms with E-state index < -0.39 is 0 Å². The smallest absolute Gasteiger partial charge is 0.264 e. The predicted molar refractivity (Wildman–Crippen MR) is 108 cm³/mol. The second-order valence-electron chi connectivity index (χ2n) is 5.56. The number of halogens is 1. The number of hydrogen-bond acceptors (Lipinski definition) is 3. The third-order valence-electron chi connectivity index (χ3n) is 3.66. The highest BCUT2D eigenvalue weighted by molar-refractivity contribution is 9.10. The zero-order valence-corrected chi connectivity index (χ0v) is 16.6. The number of aryl methyl sites for hydroxylation is 1. The lowest BCUT2D eigenvalue weighted by atomic mass is 10.1. The normalized spacial score (nSPS) is 11.5. The Balaban J connectivity index is 1.81. The van der Waals surface area contributed by atoms with Crippen molar-refractivity contribution in [1.29, 1.82) is 0 Å². The summed E-state index contributed by atoms with van der Waals surface area (Å²) in [6.45, 7) is 3.96. The molecule has 4 nitrogen and oxygen atoms in total. The highest BCUT2D eigenvalue weighted by atomic mass is 79.9. The van der Waals surface area contributed by atoms with Gasteiger partial charge in [0.25, 0.3) is 5.91 Å². The maximum atomic E-state index is 12.0. The Morgan fingerprint density at radius 2 is 1.96 bits per heavy atom. The summed E-state index contributed by atoms with van der Waals surface area (Å²) in [7, 11) is 0. The van der Waals surface area contributed by atoms with Crippen LogP contribution in [-0.4, -0.2) is 17.6 Å². The standard InChI is InChI=1S/C19H21BrN2O2S/c1-3-14-9-10-17(16(20)11-14)24-12-18(23)22-19(25)21-13(2)15-7-5-4-6-8-15/h4-11,13H,3,12H2,1-2H3,(H2,21,22,23,25). The van der Waals surface area contributed by atoms with Crippen LogP contribution in [-0.2, 0) is 11.2 Å². The third kappa shape index (κ3) is 6.14. The van der Waals surface area contributed by atoms with E-state index in [0.717, 1.165) is 16.5 Å². The molecule has 0 aliphatic rings. The summed E-state index contributed by atoms with van der Waals surface area (Å²) in [5, 5.41) is 6.00. The quantitative estimate of drug-likeness (QED) is 0.689. The Morgan fingerprint density at radius 1 is 1.24 bits per heavy atom. The summed E-state index contributed by atoms with van der Waals surface area (Å²) in [5.74, 6) is 0.327. The van der Waals surface area contributed by atoms with Crippen LogP contribution in [0.1, 0.15) is 31.0 Å². The molecule has 1 amide bonds. The molecule has 2 rings (SSSR count). The molecule has 0 saturated heterocycles. The average molecular weight is 421 g/mol. The minimum absolute atomic E-state index is 0.00523. The molecule has 132 valence electrons. The number of carbonyl (C=O) groups is 1. The molecule has 2 N–H and O–H groups in total. The van der Waals surface area contributed by atoms with Crippen molar-refractivity contribution in [3.63, 3.8) is 0 Å². The van der Waals surface area contributed by atoms with Gasteiger partial charge < -0.3 is 15.4 Å². The van der Waals surface area contributed by atoms with Crippen LogP contribution in [0.2, 0.25) is 0 Å². The summed E-state index contributed by atoms with van der Waals surface area (Å²) >= 11 is 8.64. The Kier molecular flexibility index (Phi) is 7.40. The SMILES string of the molecule is CCc1ccc(OCC(=O)NC(=S)NC(C)c2ccccc2)c(Br)c1. The summed E-state index contributed by atoms with van der Waals surface area (Å²) in [6.07, 6.45) is 0.943. The number of benzene rings is 2. The lowest BCUT2D eigenvalue weighted by molar-refractivity contribution is -0.121. The average Bonchev–Trinajstić information content (AvgIpc) is 2.61. The second kappa shape index (κ2) is 9.53. The van der Waals surface area contributed by atoms with Gasteiger partial charge in [-0.15, -0.1) is 0 Å². The van der Waals surface area contributed by atoms with Crippen molar-refractivity contribution < 1.29 is 9.53 Å². The molecule has 1 atom stereocenters. The molecule has 25 heavy (non-hydrogen) atoms. The van der Waals surface area contributed by atoms with Gasteiger partial charge in [0.1, 0.15) is 5.75 Å². The summed E-state index contributed by atoms with van der Waals surface area (Å²) in [6, 6.07) is 15.7. The van der Waals surface area contributed by atoms with Gasteiger partial charge in [-0.25, -0.2) is 0 Å². The minimum Gasteiger partial charge on any atom is -0.483 e. The number of amides is 1. The van der Waals surface area contributed by atoms with Gasteiger partial charge >= 0.3 is 0 Å². The van der Waals surface area contributed by atoms with Gasteiger partial charge in [-0.05, 0) is 64.8 Å². The molecule has 0 aliphatic heterocycles. The molecule has 1 unspecified atom stereocenters. The molecule has 0 bridgehead atoms. The predicted octanol–water partition coefficient (Wildman–Crippen LogP) is 4.14. The Bertz CT molecular complexity index is 737. The highest BCUT2D eigenvalue weighted by Gasteiger charge is 2.11. The zero-order chi connectivity index (χ0) is 18.2. The van der Waals surface area contributed by atoms with Crippen LogP contribution in [0.3, 0.4) is 0 Å². The van der Waals surface area contributed by atoms with Crippen molar-refractivity contribution in [2.45, 2.75) is 26.3 Å². The number of rotatable bonds is 6. The van der Waals surface area contributed by atoms with E-state index in [9.17, 15) is 4.79 Å². The van der Waals surface area contributed by atoms with Crippen LogP contribution in [0.15, 0.2) is 53.0 Å². The fourth-order valence-corrected chi connectivity index (χ4v) is 3.08. The third-order valence-corrected chi connectivity index (χ3v) is 4.50. The molecule has 2 aromatic carbocycles. The maximum Gasteiger partial charge on any atom is 0.264 e. The van der Waals surface area contributed by atoms with Crippen LogP contribution >= 0.6 is 28.1 Å². The van der Waals surface area contributed by atoms with Crippen molar-refractivity contribution in [1.82, 2.24) is 10.6 Å². The molecule has 0 heterocycles. The van der Waals surface area contributed by atoms with Crippen molar-refractivity contribution in [3.05, 3.63) is 64.1 Å². The highest BCUT2D eigenvalue weighted by Crippen LogP contribution is 2.26. The summed E-state index contributed by atoms with van der Waals surface area (Å²) < 4.78 is 6.37. The van der Waals surface area contributed by atoms with Crippen molar-refractivity contribution in [3.8, 4) is 5.75 Å². The lowest BCUT2D eigenvalue weighted by Crippen LogP contribution is -2.42. The van der Waals surface area contributed by atoms with E-state index in [0.29, 0.717) is 5.75 Å². The summed E-state index contributed by atoms with van der Waals surface area (Å²) in [5.41, 5.74) is 2.29. The Morgan fingerprint density at radius 3 is 2.60 bits per heavy atom.